The molecule has 0 radical (unpaired) electrons. The maximum atomic E-state index is 6.21. The Bertz CT molecular complexity index is 581. The second-order valence-corrected chi connectivity index (χ2v) is 6.82. The number of benzene rings is 1. The fourth-order valence-electron chi connectivity index (χ4n) is 3.00. The van der Waals surface area contributed by atoms with Gasteiger partial charge in [0.25, 0.3) is 0 Å². The lowest BCUT2D eigenvalue weighted by Crippen LogP contribution is -2.21. The quantitative estimate of drug-likeness (QED) is 0.931. The summed E-state index contributed by atoms with van der Waals surface area (Å²) in [7, 11) is 0. The van der Waals surface area contributed by atoms with Gasteiger partial charge in [-0.1, -0.05) is 49.3 Å². The molecule has 1 aliphatic carbocycles. The van der Waals surface area contributed by atoms with Gasteiger partial charge in [-0.3, -0.25) is 0 Å². The molecule has 0 saturated heterocycles. The molecule has 0 amide bonds. The minimum Gasteiger partial charge on any atom is -0.337 e. The molecule has 0 aliphatic heterocycles. The SMILES string of the molecule is CC1(C)CCC(c2noc(C(N)c3ccccc3)n2)CC1. The van der Waals surface area contributed by atoms with E-state index in [2.05, 4.69) is 24.0 Å². The summed E-state index contributed by atoms with van der Waals surface area (Å²) in [4.78, 5) is 4.56. The van der Waals surface area contributed by atoms with Crippen LogP contribution in [0.4, 0.5) is 0 Å². The molecule has 1 aromatic heterocycles. The molecular weight excluding hydrogens is 262 g/mol. The van der Waals surface area contributed by atoms with Crippen molar-refractivity contribution in [1.82, 2.24) is 10.1 Å². The van der Waals surface area contributed by atoms with Crippen LogP contribution in [0.2, 0.25) is 0 Å². The molecule has 1 heterocycles. The zero-order valence-corrected chi connectivity index (χ0v) is 12.7. The summed E-state index contributed by atoms with van der Waals surface area (Å²) in [6, 6.07) is 9.53. The van der Waals surface area contributed by atoms with Gasteiger partial charge in [-0.15, -0.1) is 0 Å². The third-order valence-electron chi connectivity index (χ3n) is 4.59. The van der Waals surface area contributed by atoms with Gasteiger partial charge < -0.3 is 10.3 Å². The highest BCUT2D eigenvalue weighted by molar-refractivity contribution is 5.23. The lowest BCUT2D eigenvalue weighted by Gasteiger charge is -2.32. The normalized spacial score (nSPS) is 20.3. The molecule has 1 aliphatic rings. The molecule has 1 saturated carbocycles. The van der Waals surface area contributed by atoms with Gasteiger partial charge in [0.15, 0.2) is 5.82 Å². The van der Waals surface area contributed by atoms with Crippen molar-refractivity contribution in [2.45, 2.75) is 51.5 Å². The number of hydrogen-bond donors (Lipinski definition) is 1. The highest BCUT2D eigenvalue weighted by Crippen LogP contribution is 2.41. The van der Waals surface area contributed by atoms with Crippen LogP contribution in [0.15, 0.2) is 34.9 Å². The monoisotopic (exact) mass is 285 g/mol. The summed E-state index contributed by atoms with van der Waals surface area (Å²) in [6.45, 7) is 4.66. The van der Waals surface area contributed by atoms with Crippen molar-refractivity contribution in [2.24, 2.45) is 11.1 Å². The second kappa shape index (κ2) is 5.60. The fraction of sp³-hybridized carbons (Fsp3) is 0.529. The first-order chi connectivity index (χ1) is 10.1. The van der Waals surface area contributed by atoms with E-state index in [1.807, 2.05) is 30.3 Å². The van der Waals surface area contributed by atoms with Crippen LogP contribution >= 0.6 is 0 Å². The van der Waals surface area contributed by atoms with Crippen molar-refractivity contribution in [2.75, 3.05) is 0 Å². The van der Waals surface area contributed by atoms with E-state index in [-0.39, 0.29) is 6.04 Å². The molecule has 0 bridgehead atoms. The molecule has 112 valence electrons. The Labute approximate surface area is 125 Å². The van der Waals surface area contributed by atoms with Gasteiger partial charge in [0, 0.05) is 5.92 Å². The average molecular weight is 285 g/mol. The summed E-state index contributed by atoms with van der Waals surface area (Å²) < 4.78 is 5.40. The van der Waals surface area contributed by atoms with Crippen LogP contribution in [-0.4, -0.2) is 10.1 Å². The summed E-state index contributed by atoms with van der Waals surface area (Å²) in [6.07, 6.45) is 4.69. The van der Waals surface area contributed by atoms with Crippen molar-refractivity contribution >= 4 is 0 Å². The lowest BCUT2D eigenvalue weighted by atomic mass is 9.73. The van der Waals surface area contributed by atoms with Gasteiger partial charge in [0.05, 0.1) is 0 Å². The summed E-state index contributed by atoms with van der Waals surface area (Å²) in [5.41, 5.74) is 7.65. The number of rotatable bonds is 3. The molecule has 1 aromatic carbocycles. The highest BCUT2D eigenvalue weighted by atomic mass is 16.5. The van der Waals surface area contributed by atoms with E-state index in [0.29, 0.717) is 17.2 Å². The molecule has 4 nitrogen and oxygen atoms in total. The van der Waals surface area contributed by atoms with Crippen LogP contribution in [-0.2, 0) is 0 Å². The largest absolute Gasteiger partial charge is 0.337 e. The smallest absolute Gasteiger partial charge is 0.248 e. The van der Waals surface area contributed by atoms with Crippen LogP contribution in [0.3, 0.4) is 0 Å². The first-order valence-electron chi connectivity index (χ1n) is 7.69. The summed E-state index contributed by atoms with van der Waals surface area (Å²) in [5.74, 6) is 1.76. The summed E-state index contributed by atoms with van der Waals surface area (Å²) in [5, 5.41) is 4.17. The third kappa shape index (κ3) is 3.16. The van der Waals surface area contributed by atoms with Crippen LogP contribution < -0.4 is 5.73 Å². The highest BCUT2D eigenvalue weighted by Gasteiger charge is 2.30. The maximum Gasteiger partial charge on any atom is 0.248 e. The molecule has 2 N–H and O–H groups in total. The van der Waals surface area contributed by atoms with Gasteiger partial charge in [-0.2, -0.15) is 4.98 Å². The van der Waals surface area contributed by atoms with Crippen LogP contribution in [0, 0.1) is 5.41 Å². The molecule has 3 rings (SSSR count). The molecule has 0 spiro atoms. The van der Waals surface area contributed by atoms with Gasteiger partial charge >= 0.3 is 0 Å². The van der Waals surface area contributed by atoms with Gasteiger partial charge in [0.2, 0.25) is 5.89 Å². The zero-order valence-electron chi connectivity index (χ0n) is 12.7. The molecule has 4 heteroatoms. The molecule has 1 fully saturated rings. The Morgan fingerprint density at radius 1 is 1.19 bits per heavy atom. The van der Waals surface area contributed by atoms with Crippen molar-refractivity contribution in [3.05, 3.63) is 47.6 Å². The summed E-state index contributed by atoms with van der Waals surface area (Å²) >= 11 is 0. The Kier molecular flexibility index (Phi) is 3.81. The van der Waals surface area contributed by atoms with E-state index in [0.717, 1.165) is 24.2 Å². The standard InChI is InChI=1S/C17H23N3O/c1-17(2)10-8-13(9-11-17)15-19-16(21-20-15)14(18)12-6-4-3-5-7-12/h3-7,13-14H,8-11,18H2,1-2H3. The topological polar surface area (TPSA) is 64.9 Å². The average Bonchev–Trinajstić information content (AvgIpc) is 2.97. The van der Waals surface area contributed by atoms with E-state index in [9.17, 15) is 0 Å². The van der Waals surface area contributed by atoms with Crippen molar-refractivity contribution in [3.63, 3.8) is 0 Å². The van der Waals surface area contributed by atoms with E-state index >= 15 is 0 Å². The number of aromatic nitrogens is 2. The van der Waals surface area contributed by atoms with E-state index in [4.69, 9.17) is 10.3 Å². The minimum absolute atomic E-state index is 0.340. The first kappa shape index (κ1) is 14.3. The van der Waals surface area contributed by atoms with Crippen LogP contribution in [0.25, 0.3) is 0 Å². The van der Waals surface area contributed by atoms with E-state index < -0.39 is 0 Å². The number of hydrogen-bond acceptors (Lipinski definition) is 4. The van der Waals surface area contributed by atoms with E-state index in [1.165, 1.54) is 12.8 Å². The van der Waals surface area contributed by atoms with Crippen LogP contribution in [0.5, 0.6) is 0 Å². The Morgan fingerprint density at radius 2 is 1.86 bits per heavy atom. The molecular formula is C17H23N3O. The zero-order chi connectivity index (χ0) is 14.9. The molecule has 21 heavy (non-hydrogen) atoms. The first-order valence-corrected chi connectivity index (χ1v) is 7.69. The number of nitrogens with zero attached hydrogens (tertiary/aromatic N) is 2. The van der Waals surface area contributed by atoms with Crippen molar-refractivity contribution < 1.29 is 4.52 Å². The van der Waals surface area contributed by atoms with Crippen molar-refractivity contribution in [1.29, 1.82) is 0 Å². The van der Waals surface area contributed by atoms with Gasteiger partial charge in [-0.25, -0.2) is 0 Å². The van der Waals surface area contributed by atoms with Crippen LogP contribution in [0.1, 0.15) is 68.8 Å². The molecule has 1 unspecified atom stereocenters. The van der Waals surface area contributed by atoms with Gasteiger partial charge in [0.1, 0.15) is 6.04 Å². The Hall–Kier alpha value is -1.68. The predicted octanol–water partition coefficient (Wildman–Crippen LogP) is 3.80. The Balaban J connectivity index is 1.72. The second-order valence-electron chi connectivity index (χ2n) is 6.82. The molecule has 2 aromatic rings. The Morgan fingerprint density at radius 3 is 2.52 bits per heavy atom. The lowest BCUT2D eigenvalue weighted by molar-refractivity contribution is 0.218. The third-order valence-corrected chi connectivity index (χ3v) is 4.59. The predicted molar refractivity (Wildman–Crippen MR) is 81.8 cm³/mol. The fourth-order valence-corrected chi connectivity index (χ4v) is 3.00. The van der Waals surface area contributed by atoms with Crippen molar-refractivity contribution in [3.8, 4) is 0 Å². The van der Waals surface area contributed by atoms with E-state index in [1.54, 1.807) is 0 Å². The minimum atomic E-state index is -0.340. The molecule has 1 atom stereocenters. The van der Waals surface area contributed by atoms with Gasteiger partial charge in [-0.05, 0) is 36.7 Å². The maximum absolute atomic E-state index is 6.21. The number of nitrogens with two attached hydrogens (primary N) is 1.